The number of nitrogens with zero attached hydrogens (tertiary/aromatic N) is 1. The first-order valence-electron chi connectivity index (χ1n) is 8.97. The number of morpholine rings is 1. The van der Waals surface area contributed by atoms with Crippen LogP contribution in [0.15, 0.2) is 30.3 Å². The van der Waals surface area contributed by atoms with Crippen LogP contribution in [-0.4, -0.2) is 55.3 Å². The molecule has 1 aromatic carbocycles. The summed E-state index contributed by atoms with van der Waals surface area (Å²) in [6.07, 6.45) is 2.40. The molecule has 1 aromatic rings. The number of nitrogens with one attached hydrogen (secondary N) is 1. The molecule has 4 atom stereocenters. The average molecular weight is 332 g/mol. The lowest BCUT2D eigenvalue weighted by atomic mass is 9.98. The third-order valence-corrected chi connectivity index (χ3v) is 4.96. The minimum Gasteiger partial charge on any atom is -0.377 e. The fourth-order valence-electron chi connectivity index (χ4n) is 3.74. The number of rotatable bonds is 5. The second-order valence-corrected chi connectivity index (χ2v) is 6.82. The molecule has 0 unspecified atom stereocenters. The number of amides is 1. The lowest BCUT2D eigenvalue weighted by molar-refractivity contribution is -0.152. The van der Waals surface area contributed by atoms with Crippen LogP contribution in [0, 0.1) is 0 Å². The molecule has 2 aliphatic heterocycles. The van der Waals surface area contributed by atoms with E-state index in [1.165, 1.54) is 0 Å². The summed E-state index contributed by atoms with van der Waals surface area (Å²) in [6, 6.07) is 10.3. The van der Waals surface area contributed by atoms with Gasteiger partial charge in [-0.05, 0) is 32.3 Å². The number of hydrogen-bond donors (Lipinski definition) is 1. The van der Waals surface area contributed by atoms with E-state index >= 15 is 0 Å². The molecule has 132 valence electrons. The predicted octanol–water partition coefficient (Wildman–Crippen LogP) is 2.13. The van der Waals surface area contributed by atoms with Crippen LogP contribution in [0.25, 0.3) is 0 Å². The van der Waals surface area contributed by atoms with E-state index in [1.807, 2.05) is 23.1 Å². The summed E-state index contributed by atoms with van der Waals surface area (Å²) in [6.45, 7) is 6.65. The van der Waals surface area contributed by atoms with Gasteiger partial charge in [0.2, 0.25) is 5.91 Å². The molecule has 0 radical (unpaired) electrons. The Kier molecular flexibility index (Phi) is 5.87. The Bertz CT molecular complexity index is 531. The number of hydrogen-bond acceptors (Lipinski definition) is 4. The lowest BCUT2D eigenvalue weighted by Gasteiger charge is -2.44. The van der Waals surface area contributed by atoms with Gasteiger partial charge in [0.15, 0.2) is 0 Å². The molecule has 0 aromatic heterocycles. The SMILES string of the molecule is C[C@@H]1CO[C@H](c2ccccc2)[C@H](C)N1C(=O)CNC[C@@H]1CCCO1. The maximum Gasteiger partial charge on any atom is 0.237 e. The van der Waals surface area contributed by atoms with Crippen molar-refractivity contribution in [1.29, 1.82) is 0 Å². The largest absolute Gasteiger partial charge is 0.377 e. The smallest absolute Gasteiger partial charge is 0.237 e. The number of ether oxygens (including phenoxy) is 2. The monoisotopic (exact) mass is 332 g/mol. The molecular weight excluding hydrogens is 304 g/mol. The highest BCUT2D eigenvalue weighted by Gasteiger charge is 2.36. The van der Waals surface area contributed by atoms with Crippen molar-refractivity contribution >= 4 is 5.91 Å². The molecule has 5 nitrogen and oxygen atoms in total. The van der Waals surface area contributed by atoms with Gasteiger partial charge in [-0.1, -0.05) is 30.3 Å². The van der Waals surface area contributed by atoms with Crippen molar-refractivity contribution in [3.63, 3.8) is 0 Å². The standard InChI is InChI=1S/C19H28N2O3/c1-14-13-24-19(16-7-4-3-5-8-16)15(2)21(14)18(22)12-20-11-17-9-6-10-23-17/h3-5,7-8,14-15,17,19-20H,6,9-13H2,1-2H3/t14-,15+,17+,19+/m1/s1. The van der Waals surface area contributed by atoms with Gasteiger partial charge in [-0.3, -0.25) is 4.79 Å². The Morgan fingerprint density at radius 1 is 1.25 bits per heavy atom. The van der Waals surface area contributed by atoms with Crippen LogP contribution < -0.4 is 5.32 Å². The van der Waals surface area contributed by atoms with Crippen molar-refractivity contribution in [1.82, 2.24) is 10.2 Å². The Balaban J connectivity index is 1.58. The maximum absolute atomic E-state index is 12.7. The minimum absolute atomic E-state index is 0.0215. The number of carbonyl (C=O) groups is 1. The normalized spacial score (nSPS) is 30.5. The molecule has 1 N–H and O–H groups in total. The van der Waals surface area contributed by atoms with Crippen LogP contribution in [0.5, 0.6) is 0 Å². The van der Waals surface area contributed by atoms with Gasteiger partial charge in [0.25, 0.3) is 0 Å². The molecule has 24 heavy (non-hydrogen) atoms. The van der Waals surface area contributed by atoms with Gasteiger partial charge in [0, 0.05) is 13.2 Å². The van der Waals surface area contributed by atoms with Gasteiger partial charge in [-0.15, -0.1) is 0 Å². The minimum atomic E-state index is -0.0653. The van der Waals surface area contributed by atoms with Gasteiger partial charge in [-0.2, -0.15) is 0 Å². The third kappa shape index (κ3) is 3.97. The zero-order valence-electron chi connectivity index (χ0n) is 14.6. The van der Waals surface area contributed by atoms with E-state index in [4.69, 9.17) is 9.47 Å². The van der Waals surface area contributed by atoms with Crippen LogP contribution in [0.2, 0.25) is 0 Å². The summed E-state index contributed by atoms with van der Waals surface area (Å²) in [5.41, 5.74) is 1.13. The van der Waals surface area contributed by atoms with E-state index in [2.05, 4.69) is 31.3 Å². The highest BCUT2D eigenvalue weighted by Crippen LogP contribution is 2.30. The molecule has 5 heteroatoms. The number of benzene rings is 1. The quantitative estimate of drug-likeness (QED) is 0.897. The molecular formula is C19H28N2O3. The van der Waals surface area contributed by atoms with Crippen molar-refractivity contribution in [2.24, 2.45) is 0 Å². The van der Waals surface area contributed by atoms with Crippen molar-refractivity contribution < 1.29 is 14.3 Å². The van der Waals surface area contributed by atoms with Crippen LogP contribution in [0.1, 0.15) is 38.4 Å². The topological polar surface area (TPSA) is 50.8 Å². The van der Waals surface area contributed by atoms with Crippen molar-refractivity contribution in [3.8, 4) is 0 Å². The lowest BCUT2D eigenvalue weighted by Crippen LogP contribution is -2.55. The molecule has 0 aliphatic carbocycles. The zero-order chi connectivity index (χ0) is 16.9. The number of carbonyl (C=O) groups excluding carboxylic acids is 1. The van der Waals surface area contributed by atoms with E-state index in [1.54, 1.807) is 0 Å². The summed E-state index contributed by atoms with van der Waals surface area (Å²) < 4.78 is 11.6. The Morgan fingerprint density at radius 3 is 2.75 bits per heavy atom. The molecule has 2 fully saturated rings. The predicted molar refractivity (Wildman–Crippen MR) is 92.7 cm³/mol. The molecule has 0 bridgehead atoms. The van der Waals surface area contributed by atoms with Gasteiger partial charge >= 0.3 is 0 Å². The first kappa shape index (κ1) is 17.4. The fraction of sp³-hybridized carbons (Fsp3) is 0.632. The van der Waals surface area contributed by atoms with E-state index < -0.39 is 0 Å². The van der Waals surface area contributed by atoms with Crippen LogP contribution in [0.3, 0.4) is 0 Å². The van der Waals surface area contributed by atoms with Crippen LogP contribution in [-0.2, 0) is 14.3 Å². The first-order valence-corrected chi connectivity index (χ1v) is 8.97. The van der Waals surface area contributed by atoms with Crippen molar-refractivity contribution in [3.05, 3.63) is 35.9 Å². The summed E-state index contributed by atoms with van der Waals surface area (Å²) in [5.74, 6) is 0.136. The molecule has 3 rings (SSSR count). The summed E-state index contributed by atoms with van der Waals surface area (Å²) in [7, 11) is 0. The van der Waals surface area contributed by atoms with Crippen LogP contribution in [0.4, 0.5) is 0 Å². The van der Waals surface area contributed by atoms with Crippen molar-refractivity contribution in [2.75, 3.05) is 26.3 Å². The summed E-state index contributed by atoms with van der Waals surface area (Å²) >= 11 is 0. The highest BCUT2D eigenvalue weighted by molar-refractivity contribution is 5.79. The molecule has 0 saturated carbocycles. The summed E-state index contributed by atoms with van der Waals surface area (Å²) in [5, 5.41) is 3.26. The molecule has 0 spiro atoms. The Hall–Kier alpha value is -1.43. The van der Waals surface area contributed by atoms with Crippen molar-refractivity contribution in [2.45, 2.75) is 51.0 Å². The average Bonchev–Trinajstić information content (AvgIpc) is 3.09. The molecule has 1 amide bonds. The Labute approximate surface area is 144 Å². The van der Waals surface area contributed by atoms with E-state index in [-0.39, 0.29) is 30.2 Å². The van der Waals surface area contributed by atoms with Gasteiger partial charge in [-0.25, -0.2) is 0 Å². The van der Waals surface area contributed by atoms with Gasteiger partial charge < -0.3 is 19.7 Å². The third-order valence-electron chi connectivity index (χ3n) is 4.96. The van der Waals surface area contributed by atoms with E-state index in [0.717, 1.165) is 31.6 Å². The van der Waals surface area contributed by atoms with E-state index in [9.17, 15) is 4.79 Å². The Morgan fingerprint density at radius 2 is 2.04 bits per heavy atom. The zero-order valence-corrected chi connectivity index (χ0v) is 14.6. The van der Waals surface area contributed by atoms with Gasteiger partial charge in [0.05, 0.1) is 31.3 Å². The highest BCUT2D eigenvalue weighted by atomic mass is 16.5. The second kappa shape index (κ2) is 8.10. The van der Waals surface area contributed by atoms with Gasteiger partial charge in [0.1, 0.15) is 6.10 Å². The van der Waals surface area contributed by atoms with E-state index in [0.29, 0.717) is 13.2 Å². The molecule has 2 saturated heterocycles. The second-order valence-electron chi connectivity index (χ2n) is 6.82. The van der Waals surface area contributed by atoms with Crippen LogP contribution >= 0.6 is 0 Å². The summed E-state index contributed by atoms with van der Waals surface area (Å²) in [4.78, 5) is 14.7. The fourth-order valence-corrected chi connectivity index (χ4v) is 3.74. The maximum atomic E-state index is 12.7. The molecule has 2 heterocycles. The first-order chi connectivity index (χ1) is 11.7. The molecule has 2 aliphatic rings.